The zero-order chi connectivity index (χ0) is 26.3. The predicted molar refractivity (Wildman–Crippen MR) is 122 cm³/mol. The van der Waals surface area contributed by atoms with E-state index in [1.807, 2.05) is 0 Å². The summed E-state index contributed by atoms with van der Waals surface area (Å²) in [5, 5.41) is 7.27. The molecule has 186 valence electrons. The first-order valence-electron chi connectivity index (χ1n) is 10.3. The fraction of sp³-hybridized carbons (Fsp3) is 0.304. The van der Waals surface area contributed by atoms with Crippen LogP contribution in [0.3, 0.4) is 0 Å². The van der Waals surface area contributed by atoms with E-state index in [0.29, 0.717) is 22.8 Å². The first-order chi connectivity index (χ1) is 16.1. The molecule has 2 aromatic heterocycles. The van der Waals surface area contributed by atoms with Gasteiger partial charge in [0.15, 0.2) is 0 Å². The van der Waals surface area contributed by atoms with Crippen molar-refractivity contribution in [1.29, 1.82) is 0 Å². The van der Waals surface area contributed by atoms with E-state index < -0.39 is 40.7 Å². The predicted octanol–water partition coefficient (Wildman–Crippen LogP) is 4.74. The number of anilines is 1. The number of hydrogen-bond acceptors (Lipinski definition) is 5. The van der Waals surface area contributed by atoms with Gasteiger partial charge in [-0.05, 0) is 51.5 Å². The van der Waals surface area contributed by atoms with Gasteiger partial charge in [-0.3, -0.25) is 14.4 Å². The Labute approximate surface area is 202 Å². The van der Waals surface area contributed by atoms with Crippen molar-refractivity contribution in [2.24, 2.45) is 7.05 Å². The Morgan fingerprint density at radius 3 is 2.34 bits per heavy atom. The van der Waals surface area contributed by atoms with Crippen LogP contribution < -0.4 is 10.6 Å². The van der Waals surface area contributed by atoms with Gasteiger partial charge in [-0.25, -0.2) is 9.37 Å². The summed E-state index contributed by atoms with van der Waals surface area (Å²) in [6.45, 7) is 6.38. The van der Waals surface area contributed by atoms with E-state index in [1.165, 1.54) is 36.8 Å². The number of halogens is 4. The molecule has 35 heavy (non-hydrogen) atoms. The molecule has 1 aromatic carbocycles. The Kier molecular flexibility index (Phi) is 6.89. The molecule has 12 heteroatoms. The average Bonchev–Trinajstić information content (AvgIpc) is 3.36. The summed E-state index contributed by atoms with van der Waals surface area (Å²) in [4.78, 5) is 42.9. The molecule has 0 saturated carbocycles. The highest BCUT2D eigenvalue weighted by atomic mass is 32.1. The summed E-state index contributed by atoms with van der Waals surface area (Å²) in [7, 11) is 1.48. The van der Waals surface area contributed by atoms with Gasteiger partial charge < -0.3 is 15.2 Å². The van der Waals surface area contributed by atoms with E-state index in [0.717, 1.165) is 6.07 Å². The number of hydrogen-bond donors (Lipinski definition) is 2. The van der Waals surface area contributed by atoms with Crippen LogP contribution >= 0.6 is 11.3 Å². The smallest absolute Gasteiger partial charge is 0.343 e. The van der Waals surface area contributed by atoms with Crippen molar-refractivity contribution >= 4 is 34.6 Å². The Bertz CT molecular complexity index is 1310. The van der Waals surface area contributed by atoms with Crippen LogP contribution in [-0.2, 0) is 23.6 Å². The molecule has 0 bridgehead atoms. The van der Waals surface area contributed by atoms with Gasteiger partial charge in [-0.15, -0.1) is 11.3 Å². The second kappa shape index (κ2) is 9.25. The third-order valence-electron chi connectivity index (χ3n) is 5.50. The molecule has 0 aliphatic carbocycles. The zero-order valence-corrected chi connectivity index (χ0v) is 20.2. The maximum absolute atomic E-state index is 13.6. The van der Waals surface area contributed by atoms with Crippen molar-refractivity contribution in [1.82, 2.24) is 14.9 Å². The highest BCUT2D eigenvalue weighted by Gasteiger charge is 2.35. The number of carbonyl (C=O) groups is 3. The summed E-state index contributed by atoms with van der Waals surface area (Å²) >= 11 is 1.31. The summed E-state index contributed by atoms with van der Waals surface area (Å²) in [5.74, 6) is -4.07. The highest BCUT2D eigenvalue weighted by Crippen LogP contribution is 2.33. The van der Waals surface area contributed by atoms with E-state index in [2.05, 4.69) is 15.6 Å². The molecule has 0 saturated heterocycles. The second-order valence-electron chi connectivity index (χ2n) is 8.39. The average molecular weight is 511 g/mol. The molecule has 2 heterocycles. The van der Waals surface area contributed by atoms with Gasteiger partial charge >= 0.3 is 6.18 Å². The lowest BCUT2D eigenvalue weighted by atomic mass is 10.0. The molecule has 0 radical (unpaired) electrons. The van der Waals surface area contributed by atoms with Crippen LogP contribution in [-0.4, -0.2) is 27.1 Å². The van der Waals surface area contributed by atoms with E-state index >= 15 is 0 Å². The summed E-state index contributed by atoms with van der Waals surface area (Å²) in [6.07, 6.45) is -3.37. The molecule has 2 N–H and O–H groups in total. The van der Waals surface area contributed by atoms with Gasteiger partial charge in [0.2, 0.25) is 0 Å². The third-order valence-corrected chi connectivity index (χ3v) is 6.60. The second-order valence-corrected chi connectivity index (χ2v) is 9.28. The molecule has 3 rings (SSSR count). The molecule has 0 unspecified atom stereocenters. The number of benzene rings is 1. The molecule has 0 spiro atoms. The number of alkyl halides is 3. The minimum atomic E-state index is -4.94. The number of rotatable bonds is 6. The largest absolute Gasteiger partial charge is 0.419 e. The number of ketones is 1. The van der Waals surface area contributed by atoms with Gasteiger partial charge in [0.05, 0.1) is 16.7 Å². The molecule has 7 nitrogen and oxygen atoms in total. The van der Waals surface area contributed by atoms with Crippen LogP contribution in [0.1, 0.15) is 56.5 Å². The maximum atomic E-state index is 13.6. The van der Waals surface area contributed by atoms with Gasteiger partial charge in [-0.1, -0.05) is 0 Å². The lowest BCUT2D eigenvalue weighted by Crippen LogP contribution is -2.44. The van der Waals surface area contributed by atoms with E-state index in [1.54, 1.807) is 25.4 Å². The lowest BCUT2D eigenvalue weighted by molar-refractivity contribution is -0.140. The molecule has 0 aliphatic heterocycles. The van der Waals surface area contributed by atoms with Crippen molar-refractivity contribution in [3.63, 3.8) is 0 Å². The number of thiazole rings is 1. The Morgan fingerprint density at radius 1 is 1.11 bits per heavy atom. The monoisotopic (exact) mass is 510 g/mol. The molecule has 2 amide bonds. The number of aromatic nitrogens is 2. The molecule has 0 aliphatic rings. The standard InChI is InChI=1S/C23H22F4N4O3S/c1-11-16(18(32)20(34)30-22(3,4)21-28-8-9-35-21)12(2)31(5)17(11)19(33)29-13-6-7-15(24)14(10-13)23(25,26)27/h6-10H,1-5H3,(H,29,33)(H,30,34). The van der Waals surface area contributed by atoms with Crippen molar-refractivity contribution in [2.45, 2.75) is 39.4 Å². The van der Waals surface area contributed by atoms with Crippen LogP contribution in [0.5, 0.6) is 0 Å². The molecular formula is C23H22F4N4O3S. The minimum absolute atomic E-state index is 0.000162. The van der Waals surface area contributed by atoms with Gasteiger partial charge in [0.1, 0.15) is 16.5 Å². The van der Waals surface area contributed by atoms with Crippen molar-refractivity contribution < 1.29 is 31.9 Å². The molecule has 3 aromatic rings. The van der Waals surface area contributed by atoms with E-state index in [-0.39, 0.29) is 22.5 Å². The fourth-order valence-electron chi connectivity index (χ4n) is 3.68. The highest BCUT2D eigenvalue weighted by molar-refractivity contribution is 7.09. The molecule has 0 atom stereocenters. The SMILES string of the molecule is Cc1c(C(=O)C(=O)NC(C)(C)c2nccs2)c(C)n(C)c1C(=O)Nc1ccc(F)c(C(F)(F)F)c1. The Balaban J connectivity index is 1.89. The first kappa shape index (κ1) is 26.1. The van der Waals surface area contributed by atoms with Crippen molar-refractivity contribution in [3.05, 3.63) is 68.7 Å². The van der Waals surface area contributed by atoms with E-state index in [4.69, 9.17) is 0 Å². The zero-order valence-electron chi connectivity index (χ0n) is 19.4. The number of carbonyl (C=O) groups excluding carboxylic acids is 3. The van der Waals surface area contributed by atoms with Crippen molar-refractivity contribution in [3.8, 4) is 0 Å². The number of amides is 2. The fourth-order valence-corrected chi connectivity index (χ4v) is 4.40. The van der Waals surface area contributed by atoms with Crippen LogP contribution in [0, 0.1) is 19.7 Å². The van der Waals surface area contributed by atoms with Gasteiger partial charge in [0.25, 0.3) is 17.6 Å². The topological polar surface area (TPSA) is 93.1 Å². The first-order valence-corrected chi connectivity index (χ1v) is 11.1. The third kappa shape index (κ3) is 5.11. The number of Topliss-reactive ketones (excluding diaryl/α,β-unsaturated/α-hetero) is 1. The van der Waals surface area contributed by atoms with Crippen LogP contribution in [0.4, 0.5) is 23.2 Å². The van der Waals surface area contributed by atoms with Gasteiger partial charge in [0, 0.05) is 30.0 Å². The number of nitrogens with zero attached hydrogens (tertiary/aromatic N) is 2. The summed E-state index contributed by atoms with van der Waals surface area (Å²) in [6, 6.07) is 2.08. The van der Waals surface area contributed by atoms with Gasteiger partial charge in [-0.2, -0.15) is 13.2 Å². The van der Waals surface area contributed by atoms with Crippen LogP contribution in [0.25, 0.3) is 0 Å². The molecule has 0 fully saturated rings. The van der Waals surface area contributed by atoms with Crippen LogP contribution in [0.2, 0.25) is 0 Å². The maximum Gasteiger partial charge on any atom is 0.419 e. The van der Waals surface area contributed by atoms with Crippen LogP contribution in [0.15, 0.2) is 29.8 Å². The van der Waals surface area contributed by atoms with Crippen molar-refractivity contribution in [2.75, 3.05) is 5.32 Å². The molecular weight excluding hydrogens is 488 g/mol. The summed E-state index contributed by atoms with van der Waals surface area (Å²) in [5.41, 5.74) is -2.27. The summed E-state index contributed by atoms with van der Waals surface area (Å²) < 4.78 is 54.0. The lowest BCUT2D eigenvalue weighted by Gasteiger charge is -2.23. The normalized spacial score (nSPS) is 11.9. The minimum Gasteiger partial charge on any atom is -0.343 e. The Morgan fingerprint density at radius 2 is 1.77 bits per heavy atom. The van der Waals surface area contributed by atoms with E-state index in [9.17, 15) is 31.9 Å². The quantitative estimate of drug-likeness (QED) is 0.285. The Hall–Kier alpha value is -3.54. The number of nitrogens with one attached hydrogen (secondary N) is 2.